The number of aromatic amines is 1. The third kappa shape index (κ3) is 2.07. The van der Waals surface area contributed by atoms with Crippen LogP contribution < -0.4 is 5.32 Å². The van der Waals surface area contributed by atoms with Crippen LogP contribution in [-0.2, 0) is 0 Å². The van der Waals surface area contributed by atoms with E-state index in [4.69, 9.17) is 0 Å². The summed E-state index contributed by atoms with van der Waals surface area (Å²) in [5, 5.41) is 16.8. The fraction of sp³-hybridized carbons (Fsp3) is 0. The standard InChI is InChI=1S/C14H9N5OS/c20-14-9-6-5-8(13-16-18-19-17-13)7-12(9)21-11-4-2-1-3-10(11)15-14/h1-7H,(H,15,20)(H,16,17,18,19). The predicted molar refractivity (Wildman–Crippen MR) is 78.1 cm³/mol. The zero-order valence-electron chi connectivity index (χ0n) is 10.7. The highest BCUT2D eigenvalue weighted by Crippen LogP contribution is 2.39. The maximum absolute atomic E-state index is 12.3. The molecular weight excluding hydrogens is 286 g/mol. The number of hydrogen-bond donors (Lipinski definition) is 2. The fourth-order valence-corrected chi connectivity index (χ4v) is 3.25. The Labute approximate surface area is 124 Å². The van der Waals surface area contributed by atoms with E-state index in [1.165, 1.54) is 0 Å². The molecule has 7 heteroatoms. The summed E-state index contributed by atoms with van der Waals surface area (Å²) >= 11 is 1.55. The van der Waals surface area contributed by atoms with Crippen molar-refractivity contribution in [2.24, 2.45) is 0 Å². The normalized spacial score (nSPS) is 13.0. The van der Waals surface area contributed by atoms with Crippen molar-refractivity contribution in [2.75, 3.05) is 5.32 Å². The van der Waals surface area contributed by atoms with Crippen LogP contribution in [0.1, 0.15) is 10.4 Å². The van der Waals surface area contributed by atoms with Crippen molar-refractivity contribution in [1.29, 1.82) is 0 Å². The molecule has 1 amide bonds. The summed E-state index contributed by atoms with van der Waals surface area (Å²) in [6.07, 6.45) is 0. The van der Waals surface area contributed by atoms with Gasteiger partial charge in [0.25, 0.3) is 5.91 Å². The van der Waals surface area contributed by atoms with Gasteiger partial charge in [0.05, 0.1) is 11.3 Å². The van der Waals surface area contributed by atoms with Crippen molar-refractivity contribution in [2.45, 2.75) is 9.79 Å². The quantitative estimate of drug-likeness (QED) is 0.721. The summed E-state index contributed by atoms with van der Waals surface area (Å²) in [6, 6.07) is 13.2. The van der Waals surface area contributed by atoms with Gasteiger partial charge in [0.1, 0.15) is 0 Å². The molecule has 0 aliphatic carbocycles. The average molecular weight is 295 g/mol. The number of fused-ring (bicyclic) bond motifs is 2. The highest BCUT2D eigenvalue weighted by atomic mass is 32.2. The van der Waals surface area contributed by atoms with Crippen molar-refractivity contribution in [3.8, 4) is 11.4 Å². The summed E-state index contributed by atoms with van der Waals surface area (Å²) in [5.41, 5.74) is 2.29. The maximum atomic E-state index is 12.3. The van der Waals surface area contributed by atoms with E-state index in [9.17, 15) is 4.79 Å². The molecule has 6 nitrogen and oxygen atoms in total. The van der Waals surface area contributed by atoms with Gasteiger partial charge in [0.2, 0.25) is 5.82 Å². The molecule has 0 spiro atoms. The van der Waals surface area contributed by atoms with Crippen molar-refractivity contribution in [1.82, 2.24) is 20.6 Å². The molecule has 2 heterocycles. The molecule has 1 aromatic heterocycles. The molecule has 2 aromatic carbocycles. The molecule has 0 bridgehead atoms. The monoisotopic (exact) mass is 295 g/mol. The highest BCUT2D eigenvalue weighted by Gasteiger charge is 2.20. The Morgan fingerprint density at radius 1 is 1.05 bits per heavy atom. The van der Waals surface area contributed by atoms with Gasteiger partial charge in [0.15, 0.2) is 0 Å². The number of H-pyrrole nitrogens is 1. The molecule has 0 fully saturated rings. The number of carbonyl (C=O) groups excluding carboxylic acids is 1. The van der Waals surface area contributed by atoms with Gasteiger partial charge in [-0.15, -0.1) is 10.2 Å². The van der Waals surface area contributed by atoms with E-state index in [2.05, 4.69) is 25.9 Å². The Morgan fingerprint density at radius 2 is 1.95 bits per heavy atom. The van der Waals surface area contributed by atoms with Gasteiger partial charge in [-0.2, -0.15) is 5.21 Å². The topological polar surface area (TPSA) is 83.6 Å². The molecule has 3 aromatic rings. The third-order valence-electron chi connectivity index (χ3n) is 3.18. The number of rotatable bonds is 1. The summed E-state index contributed by atoms with van der Waals surface area (Å²) < 4.78 is 0. The van der Waals surface area contributed by atoms with Crippen molar-refractivity contribution in [3.05, 3.63) is 48.0 Å². The first-order valence-electron chi connectivity index (χ1n) is 6.27. The number of tetrazole rings is 1. The van der Waals surface area contributed by atoms with E-state index in [1.807, 2.05) is 36.4 Å². The number of nitrogens with one attached hydrogen (secondary N) is 2. The van der Waals surface area contributed by atoms with Gasteiger partial charge < -0.3 is 5.32 Å². The van der Waals surface area contributed by atoms with Crippen molar-refractivity contribution in [3.63, 3.8) is 0 Å². The van der Waals surface area contributed by atoms with Crippen LogP contribution in [0.5, 0.6) is 0 Å². The van der Waals surface area contributed by atoms with E-state index >= 15 is 0 Å². The first kappa shape index (κ1) is 12.1. The molecule has 21 heavy (non-hydrogen) atoms. The van der Waals surface area contributed by atoms with Crippen LogP contribution in [0.15, 0.2) is 52.3 Å². The number of aromatic nitrogens is 4. The predicted octanol–water partition coefficient (Wildman–Crippen LogP) is 2.58. The lowest BCUT2D eigenvalue weighted by atomic mass is 10.1. The van der Waals surface area contributed by atoms with Gasteiger partial charge in [0, 0.05) is 15.4 Å². The minimum absolute atomic E-state index is 0.109. The summed E-state index contributed by atoms with van der Waals surface area (Å²) in [5.74, 6) is 0.401. The first-order valence-corrected chi connectivity index (χ1v) is 7.09. The zero-order valence-corrected chi connectivity index (χ0v) is 11.5. The second-order valence-electron chi connectivity index (χ2n) is 4.50. The number of nitrogens with zero attached hydrogens (tertiary/aromatic N) is 3. The molecule has 4 rings (SSSR count). The molecule has 0 unspecified atom stereocenters. The van der Waals surface area contributed by atoms with Crippen LogP contribution in [-0.4, -0.2) is 26.5 Å². The Bertz CT molecular complexity index is 831. The molecule has 0 atom stereocenters. The number of anilines is 1. The summed E-state index contributed by atoms with van der Waals surface area (Å²) in [7, 11) is 0. The minimum atomic E-state index is -0.109. The number of carbonyl (C=O) groups is 1. The summed E-state index contributed by atoms with van der Waals surface area (Å²) in [6.45, 7) is 0. The SMILES string of the molecule is O=C1Nc2ccccc2Sc2cc(-c3nn[nH]n3)ccc21. The van der Waals surface area contributed by atoms with Crippen LogP contribution in [0, 0.1) is 0 Å². The van der Waals surface area contributed by atoms with Crippen molar-refractivity contribution >= 4 is 23.4 Å². The number of hydrogen-bond acceptors (Lipinski definition) is 5. The summed E-state index contributed by atoms with van der Waals surface area (Å²) in [4.78, 5) is 14.2. The zero-order chi connectivity index (χ0) is 14.2. The van der Waals surface area contributed by atoms with Gasteiger partial charge in [-0.1, -0.05) is 30.0 Å². The highest BCUT2D eigenvalue weighted by molar-refractivity contribution is 7.99. The van der Waals surface area contributed by atoms with E-state index in [1.54, 1.807) is 17.8 Å². The Morgan fingerprint density at radius 3 is 2.81 bits per heavy atom. The Kier molecular flexibility index (Phi) is 2.71. The van der Waals surface area contributed by atoms with Crippen LogP contribution in [0.3, 0.4) is 0 Å². The largest absolute Gasteiger partial charge is 0.321 e. The molecule has 2 N–H and O–H groups in total. The molecule has 1 aliphatic rings. The number of amides is 1. The fourth-order valence-electron chi connectivity index (χ4n) is 2.18. The average Bonchev–Trinajstić information content (AvgIpc) is 2.99. The Balaban J connectivity index is 1.85. The second kappa shape index (κ2) is 4.71. The minimum Gasteiger partial charge on any atom is -0.321 e. The van der Waals surface area contributed by atoms with E-state index in [0.717, 1.165) is 21.0 Å². The van der Waals surface area contributed by atoms with Gasteiger partial charge in [-0.05, 0) is 29.5 Å². The lowest BCUT2D eigenvalue weighted by molar-refractivity contribution is 0.102. The molecule has 0 radical (unpaired) electrons. The van der Waals surface area contributed by atoms with Crippen LogP contribution >= 0.6 is 11.8 Å². The lowest BCUT2D eigenvalue weighted by Crippen LogP contribution is -2.11. The molecule has 102 valence electrons. The second-order valence-corrected chi connectivity index (χ2v) is 5.58. The molecule has 0 saturated heterocycles. The van der Waals surface area contributed by atoms with E-state index in [0.29, 0.717) is 11.4 Å². The maximum Gasteiger partial charge on any atom is 0.256 e. The van der Waals surface area contributed by atoms with Crippen LogP contribution in [0.4, 0.5) is 5.69 Å². The first-order chi connectivity index (χ1) is 10.3. The number of para-hydroxylation sites is 1. The number of benzene rings is 2. The smallest absolute Gasteiger partial charge is 0.256 e. The van der Waals surface area contributed by atoms with Gasteiger partial charge in [-0.25, -0.2) is 0 Å². The third-order valence-corrected chi connectivity index (χ3v) is 4.32. The van der Waals surface area contributed by atoms with Crippen molar-refractivity contribution < 1.29 is 4.79 Å². The van der Waals surface area contributed by atoms with E-state index < -0.39 is 0 Å². The molecule has 1 aliphatic heterocycles. The molecular formula is C14H9N5OS. The molecule has 0 saturated carbocycles. The van der Waals surface area contributed by atoms with Gasteiger partial charge >= 0.3 is 0 Å². The lowest BCUT2D eigenvalue weighted by Gasteiger charge is -2.05. The van der Waals surface area contributed by atoms with Crippen LogP contribution in [0.25, 0.3) is 11.4 Å². The Hall–Kier alpha value is -2.67. The van der Waals surface area contributed by atoms with Crippen LogP contribution in [0.2, 0.25) is 0 Å². The van der Waals surface area contributed by atoms with E-state index in [-0.39, 0.29) is 5.91 Å². The van der Waals surface area contributed by atoms with Gasteiger partial charge in [-0.3, -0.25) is 4.79 Å².